The van der Waals surface area contributed by atoms with Crippen molar-refractivity contribution >= 4 is 5.84 Å². The summed E-state index contributed by atoms with van der Waals surface area (Å²) in [4.78, 5) is 2.22. The number of nitrogens with zero attached hydrogens (tertiary/aromatic N) is 2. The van der Waals surface area contributed by atoms with E-state index in [4.69, 9.17) is 10.9 Å². The second kappa shape index (κ2) is 6.71. The van der Waals surface area contributed by atoms with Crippen molar-refractivity contribution in [2.75, 3.05) is 13.1 Å². The maximum Gasteiger partial charge on any atom is 0.156 e. The second-order valence-electron chi connectivity index (χ2n) is 3.24. The standard InChI is InChI=1S/C9H21N3O/c1-4-6-12(7-5-2)8(3)9(10)11-13/h8,13H,4-7H2,1-3H3,(H2,10,11). The highest BCUT2D eigenvalue weighted by atomic mass is 16.4. The van der Waals surface area contributed by atoms with Gasteiger partial charge in [-0.1, -0.05) is 19.0 Å². The molecule has 0 aliphatic rings. The first-order valence-electron chi connectivity index (χ1n) is 4.88. The fourth-order valence-electron chi connectivity index (χ4n) is 1.34. The number of hydrogen-bond donors (Lipinski definition) is 2. The highest BCUT2D eigenvalue weighted by Crippen LogP contribution is 2.01. The monoisotopic (exact) mass is 187 g/mol. The molecule has 0 rings (SSSR count). The maximum atomic E-state index is 8.53. The van der Waals surface area contributed by atoms with Crippen molar-refractivity contribution in [3.63, 3.8) is 0 Å². The molecule has 0 aromatic heterocycles. The van der Waals surface area contributed by atoms with Crippen molar-refractivity contribution in [3.8, 4) is 0 Å². The zero-order valence-corrected chi connectivity index (χ0v) is 8.82. The van der Waals surface area contributed by atoms with E-state index in [-0.39, 0.29) is 6.04 Å². The first-order chi connectivity index (χ1) is 6.17. The summed E-state index contributed by atoms with van der Waals surface area (Å²) in [5.74, 6) is 0.293. The Morgan fingerprint density at radius 3 is 2.15 bits per heavy atom. The van der Waals surface area contributed by atoms with Gasteiger partial charge in [-0.25, -0.2) is 0 Å². The molecule has 0 spiro atoms. The molecule has 0 aliphatic heterocycles. The average molecular weight is 187 g/mol. The van der Waals surface area contributed by atoms with Crippen LogP contribution in [0.4, 0.5) is 0 Å². The summed E-state index contributed by atoms with van der Waals surface area (Å²) in [5, 5.41) is 11.6. The number of rotatable bonds is 6. The van der Waals surface area contributed by atoms with E-state index in [1.165, 1.54) is 0 Å². The molecule has 0 radical (unpaired) electrons. The lowest BCUT2D eigenvalue weighted by Crippen LogP contribution is -2.43. The van der Waals surface area contributed by atoms with Crippen LogP contribution in [-0.2, 0) is 0 Å². The van der Waals surface area contributed by atoms with Gasteiger partial charge in [0.1, 0.15) is 0 Å². The van der Waals surface area contributed by atoms with Gasteiger partial charge in [0.2, 0.25) is 0 Å². The van der Waals surface area contributed by atoms with Crippen molar-refractivity contribution in [1.82, 2.24) is 4.90 Å². The van der Waals surface area contributed by atoms with Crippen LogP contribution in [0.15, 0.2) is 5.16 Å². The maximum absolute atomic E-state index is 8.53. The number of amidine groups is 1. The fraction of sp³-hybridized carbons (Fsp3) is 0.889. The Balaban J connectivity index is 4.17. The minimum absolute atomic E-state index is 0.0323. The largest absolute Gasteiger partial charge is 0.409 e. The van der Waals surface area contributed by atoms with Crippen LogP contribution in [0, 0.1) is 0 Å². The zero-order valence-electron chi connectivity index (χ0n) is 8.82. The van der Waals surface area contributed by atoms with E-state index >= 15 is 0 Å². The van der Waals surface area contributed by atoms with E-state index in [9.17, 15) is 0 Å². The Morgan fingerprint density at radius 2 is 1.85 bits per heavy atom. The van der Waals surface area contributed by atoms with E-state index < -0.39 is 0 Å². The van der Waals surface area contributed by atoms with E-state index in [2.05, 4.69) is 23.9 Å². The third kappa shape index (κ3) is 4.12. The van der Waals surface area contributed by atoms with Crippen LogP contribution < -0.4 is 5.73 Å². The zero-order chi connectivity index (χ0) is 10.3. The van der Waals surface area contributed by atoms with Gasteiger partial charge in [-0.15, -0.1) is 0 Å². The minimum Gasteiger partial charge on any atom is -0.409 e. The van der Waals surface area contributed by atoms with Gasteiger partial charge in [-0.2, -0.15) is 0 Å². The lowest BCUT2D eigenvalue weighted by Gasteiger charge is -2.27. The predicted octanol–water partition coefficient (Wildman–Crippen LogP) is 1.24. The Bertz CT molecular complexity index is 153. The van der Waals surface area contributed by atoms with Crippen molar-refractivity contribution in [3.05, 3.63) is 0 Å². The lowest BCUT2D eigenvalue weighted by molar-refractivity contribution is 0.243. The molecule has 0 amide bonds. The Hall–Kier alpha value is -0.770. The quantitative estimate of drug-likeness (QED) is 0.285. The van der Waals surface area contributed by atoms with E-state index in [0.717, 1.165) is 25.9 Å². The Labute approximate surface area is 80.4 Å². The van der Waals surface area contributed by atoms with Crippen LogP contribution in [0.5, 0.6) is 0 Å². The van der Waals surface area contributed by atoms with Gasteiger partial charge in [0.05, 0.1) is 6.04 Å². The first kappa shape index (κ1) is 12.2. The van der Waals surface area contributed by atoms with Crippen molar-refractivity contribution < 1.29 is 5.21 Å². The third-order valence-electron chi connectivity index (χ3n) is 2.11. The molecule has 0 aliphatic carbocycles. The smallest absolute Gasteiger partial charge is 0.156 e. The van der Waals surface area contributed by atoms with Gasteiger partial charge in [-0.3, -0.25) is 4.90 Å². The summed E-state index contributed by atoms with van der Waals surface area (Å²) in [7, 11) is 0. The molecule has 0 bridgehead atoms. The van der Waals surface area contributed by atoms with Gasteiger partial charge < -0.3 is 10.9 Å². The normalized spacial score (nSPS) is 14.9. The van der Waals surface area contributed by atoms with Crippen LogP contribution in [-0.4, -0.2) is 35.1 Å². The molecule has 0 aromatic carbocycles. The number of nitrogens with two attached hydrogens (primary N) is 1. The molecule has 1 atom stereocenters. The summed E-state index contributed by atoms with van der Waals surface area (Å²) in [6.45, 7) is 8.19. The molecular weight excluding hydrogens is 166 g/mol. The predicted molar refractivity (Wildman–Crippen MR) is 55.0 cm³/mol. The van der Waals surface area contributed by atoms with Gasteiger partial charge in [0, 0.05) is 0 Å². The molecule has 78 valence electrons. The molecule has 4 nitrogen and oxygen atoms in total. The van der Waals surface area contributed by atoms with E-state index in [1.807, 2.05) is 6.92 Å². The van der Waals surface area contributed by atoms with Crippen molar-refractivity contribution in [2.45, 2.75) is 39.7 Å². The van der Waals surface area contributed by atoms with Gasteiger partial charge >= 0.3 is 0 Å². The summed E-state index contributed by atoms with van der Waals surface area (Å²) in [5.41, 5.74) is 5.54. The summed E-state index contributed by atoms with van der Waals surface area (Å²) in [6, 6.07) is 0.0323. The van der Waals surface area contributed by atoms with Gasteiger partial charge in [0.15, 0.2) is 5.84 Å². The Kier molecular flexibility index (Phi) is 6.32. The molecule has 0 saturated carbocycles. The topological polar surface area (TPSA) is 61.8 Å². The molecule has 0 saturated heterocycles. The molecule has 3 N–H and O–H groups in total. The van der Waals surface area contributed by atoms with Crippen LogP contribution in [0.1, 0.15) is 33.6 Å². The van der Waals surface area contributed by atoms with Crippen LogP contribution >= 0.6 is 0 Å². The lowest BCUT2D eigenvalue weighted by atomic mass is 10.2. The van der Waals surface area contributed by atoms with Gasteiger partial charge in [-0.05, 0) is 32.9 Å². The average Bonchev–Trinajstić information content (AvgIpc) is 2.15. The SMILES string of the molecule is CCCN(CCC)C(C)C(N)=NO. The third-order valence-corrected chi connectivity index (χ3v) is 2.11. The number of oxime groups is 1. The van der Waals surface area contributed by atoms with E-state index in [0.29, 0.717) is 5.84 Å². The number of hydrogen-bond acceptors (Lipinski definition) is 3. The molecule has 13 heavy (non-hydrogen) atoms. The molecule has 4 heteroatoms. The minimum atomic E-state index is 0.0323. The highest BCUT2D eigenvalue weighted by molar-refractivity contribution is 5.84. The summed E-state index contributed by atoms with van der Waals surface area (Å²) in [6.07, 6.45) is 2.17. The summed E-state index contributed by atoms with van der Waals surface area (Å²) < 4.78 is 0. The fourth-order valence-corrected chi connectivity index (χ4v) is 1.34. The highest BCUT2D eigenvalue weighted by Gasteiger charge is 2.15. The molecule has 0 fully saturated rings. The second-order valence-corrected chi connectivity index (χ2v) is 3.24. The first-order valence-corrected chi connectivity index (χ1v) is 4.88. The Morgan fingerprint density at radius 1 is 1.38 bits per heavy atom. The van der Waals surface area contributed by atoms with Crippen LogP contribution in [0.3, 0.4) is 0 Å². The molecular formula is C9H21N3O. The van der Waals surface area contributed by atoms with Gasteiger partial charge in [0.25, 0.3) is 0 Å². The summed E-state index contributed by atoms with van der Waals surface area (Å²) >= 11 is 0. The molecule has 0 heterocycles. The van der Waals surface area contributed by atoms with E-state index in [1.54, 1.807) is 0 Å². The van der Waals surface area contributed by atoms with Crippen LogP contribution in [0.2, 0.25) is 0 Å². The molecule has 0 aromatic rings. The van der Waals surface area contributed by atoms with Crippen LogP contribution in [0.25, 0.3) is 0 Å². The molecule has 1 unspecified atom stereocenters. The van der Waals surface area contributed by atoms with Crippen molar-refractivity contribution in [1.29, 1.82) is 0 Å². The van der Waals surface area contributed by atoms with Crippen molar-refractivity contribution in [2.24, 2.45) is 10.9 Å².